The van der Waals surface area contributed by atoms with Crippen molar-refractivity contribution < 1.29 is 38.1 Å². The number of halogens is 2. The van der Waals surface area contributed by atoms with Crippen LogP contribution in [-0.4, -0.2) is 55.3 Å². The maximum absolute atomic E-state index is 13.3. The van der Waals surface area contributed by atoms with Crippen LogP contribution < -0.4 is 10.2 Å². The second-order valence-corrected chi connectivity index (χ2v) is 8.02. The van der Waals surface area contributed by atoms with Crippen molar-refractivity contribution in [2.75, 3.05) is 20.8 Å². The highest BCUT2D eigenvalue weighted by Gasteiger charge is 2.40. The Labute approximate surface area is 193 Å². The first kappa shape index (κ1) is 26.9. The SMILES string of the molecule is CONC1C[C@H](O)C(C/C=C\CCCC(=O)OC)[C@H]1/C=C/[C@@H](O)COc1cc(F)cc(F)c1. The molecule has 1 aliphatic rings. The van der Waals surface area contributed by atoms with Gasteiger partial charge in [-0.3, -0.25) is 4.79 Å². The summed E-state index contributed by atoms with van der Waals surface area (Å²) in [6, 6.07) is 2.67. The molecule has 5 atom stereocenters. The number of nitrogens with one attached hydrogen (secondary N) is 1. The van der Waals surface area contributed by atoms with E-state index in [9.17, 15) is 23.8 Å². The van der Waals surface area contributed by atoms with Gasteiger partial charge in [0.1, 0.15) is 30.1 Å². The largest absolute Gasteiger partial charge is 0.490 e. The minimum atomic E-state index is -1.01. The summed E-state index contributed by atoms with van der Waals surface area (Å²) in [4.78, 5) is 16.2. The van der Waals surface area contributed by atoms with Crippen molar-refractivity contribution in [1.82, 2.24) is 5.48 Å². The Morgan fingerprint density at radius 3 is 2.64 bits per heavy atom. The highest BCUT2D eigenvalue weighted by atomic mass is 19.1. The number of aliphatic hydroxyl groups excluding tert-OH is 2. The summed E-state index contributed by atoms with van der Waals surface area (Å²) in [6.45, 7) is -0.179. The molecule has 9 heteroatoms. The topological polar surface area (TPSA) is 97.2 Å². The molecule has 0 radical (unpaired) electrons. The van der Waals surface area contributed by atoms with E-state index in [1.54, 1.807) is 6.08 Å². The van der Waals surface area contributed by atoms with Crippen LogP contribution in [0.25, 0.3) is 0 Å². The average Bonchev–Trinajstić information content (AvgIpc) is 3.06. The first-order valence-electron chi connectivity index (χ1n) is 11.0. The summed E-state index contributed by atoms with van der Waals surface area (Å²) in [5.41, 5.74) is 2.90. The van der Waals surface area contributed by atoms with E-state index in [-0.39, 0.29) is 36.2 Å². The lowest BCUT2D eigenvalue weighted by Gasteiger charge is -2.22. The van der Waals surface area contributed by atoms with Gasteiger partial charge in [0.05, 0.1) is 20.3 Å². The minimum absolute atomic E-state index is 0.00891. The molecule has 0 bridgehead atoms. The van der Waals surface area contributed by atoms with Crippen LogP contribution in [0.3, 0.4) is 0 Å². The Morgan fingerprint density at radius 1 is 1.24 bits per heavy atom. The average molecular weight is 470 g/mol. The van der Waals surface area contributed by atoms with Crippen LogP contribution in [0.5, 0.6) is 5.75 Å². The summed E-state index contributed by atoms with van der Waals surface area (Å²) in [5, 5.41) is 20.8. The number of methoxy groups -OCH3 is 1. The molecular weight excluding hydrogens is 436 g/mol. The van der Waals surface area contributed by atoms with Crippen LogP contribution in [0.15, 0.2) is 42.5 Å². The maximum Gasteiger partial charge on any atom is 0.305 e. The Bertz CT molecular complexity index is 783. The first-order valence-corrected chi connectivity index (χ1v) is 11.0. The molecule has 0 heterocycles. The second-order valence-electron chi connectivity index (χ2n) is 8.02. The van der Waals surface area contributed by atoms with E-state index < -0.39 is 23.8 Å². The summed E-state index contributed by atoms with van der Waals surface area (Å²) >= 11 is 0. The second kappa shape index (κ2) is 14.0. The lowest BCUT2D eigenvalue weighted by molar-refractivity contribution is -0.140. The monoisotopic (exact) mass is 469 g/mol. The van der Waals surface area contributed by atoms with Crippen LogP contribution in [0.2, 0.25) is 0 Å². The number of ether oxygens (including phenoxy) is 2. The zero-order valence-corrected chi connectivity index (χ0v) is 19.0. The number of hydroxylamine groups is 1. The van der Waals surface area contributed by atoms with Gasteiger partial charge in [-0.2, -0.15) is 5.48 Å². The smallest absolute Gasteiger partial charge is 0.305 e. The van der Waals surface area contributed by atoms with Gasteiger partial charge >= 0.3 is 5.97 Å². The van der Waals surface area contributed by atoms with Crippen LogP contribution in [-0.2, 0) is 14.4 Å². The van der Waals surface area contributed by atoms with Crippen LogP contribution in [0.4, 0.5) is 8.78 Å². The standard InChI is InChI=1S/C24H33F2NO6/c1-31-24(30)8-6-4-3-5-7-21-20(22(27-32-2)14-23(21)29)10-9-18(28)15-33-19-12-16(25)11-17(26)13-19/h3,5,9-13,18,20-23,27-29H,4,6-8,14-15H2,1-2H3/b5-3-,10-9+/t18-,20-,21?,22?,23+/m1/s1. The Hall–Kier alpha value is -2.33. The Kier molecular flexibility index (Phi) is 11.5. The Balaban J connectivity index is 1.92. The molecule has 0 aliphatic heterocycles. The van der Waals surface area contributed by atoms with E-state index in [1.165, 1.54) is 14.2 Å². The van der Waals surface area contributed by atoms with Crippen molar-refractivity contribution in [2.45, 2.75) is 50.4 Å². The first-order chi connectivity index (χ1) is 15.8. The lowest BCUT2D eigenvalue weighted by atomic mass is 9.89. The third-order valence-electron chi connectivity index (χ3n) is 5.58. The fourth-order valence-electron chi connectivity index (χ4n) is 3.96. The predicted molar refractivity (Wildman–Crippen MR) is 118 cm³/mol. The summed E-state index contributed by atoms with van der Waals surface area (Å²) in [5.74, 6) is -1.99. The van der Waals surface area contributed by atoms with E-state index in [0.29, 0.717) is 25.7 Å². The number of esters is 1. The molecule has 33 heavy (non-hydrogen) atoms. The van der Waals surface area contributed by atoms with Gasteiger partial charge in [0.25, 0.3) is 0 Å². The number of benzene rings is 1. The van der Waals surface area contributed by atoms with E-state index in [2.05, 4.69) is 10.2 Å². The minimum Gasteiger partial charge on any atom is -0.490 e. The highest BCUT2D eigenvalue weighted by molar-refractivity contribution is 5.69. The van der Waals surface area contributed by atoms with Gasteiger partial charge in [0.2, 0.25) is 0 Å². The third kappa shape index (κ3) is 9.21. The van der Waals surface area contributed by atoms with Gasteiger partial charge in [-0.1, -0.05) is 24.3 Å². The number of rotatable bonds is 13. The molecule has 0 saturated heterocycles. The molecule has 1 aliphatic carbocycles. The molecule has 7 nitrogen and oxygen atoms in total. The quantitative estimate of drug-likeness (QED) is 0.177. The van der Waals surface area contributed by atoms with E-state index >= 15 is 0 Å². The fourth-order valence-corrected chi connectivity index (χ4v) is 3.96. The molecule has 0 spiro atoms. The van der Waals surface area contributed by atoms with Crippen molar-refractivity contribution in [1.29, 1.82) is 0 Å². The zero-order chi connectivity index (χ0) is 24.2. The number of hydrogen-bond donors (Lipinski definition) is 3. The predicted octanol–water partition coefficient (Wildman–Crippen LogP) is 3.07. The van der Waals surface area contributed by atoms with Crippen molar-refractivity contribution >= 4 is 5.97 Å². The number of allylic oxidation sites excluding steroid dienone is 2. The lowest BCUT2D eigenvalue weighted by Crippen LogP contribution is -2.32. The van der Waals surface area contributed by atoms with Gasteiger partial charge in [0, 0.05) is 36.6 Å². The van der Waals surface area contributed by atoms with Crippen LogP contribution in [0, 0.1) is 23.5 Å². The number of hydrogen-bond acceptors (Lipinski definition) is 7. The molecule has 1 fully saturated rings. The van der Waals surface area contributed by atoms with Gasteiger partial charge < -0.3 is 24.5 Å². The molecule has 1 saturated carbocycles. The van der Waals surface area contributed by atoms with E-state index in [0.717, 1.165) is 24.6 Å². The third-order valence-corrected chi connectivity index (χ3v) is 5.58. The van der Waals surface area contributed by atoms with Crippen molar-refractivity contribution in [2.24, 2.45) is 11.8 Å². The molecule has 1 aromatic rings. The summed E-state index contributed by atoms with van der Waals surface area (Å²) in [6.07, 6.45) is 8.64. The number of aliphatic hydroxyl groups is 2. The summed E-state index contributed by atoms with van der Waals surface area (Å²) < 4.78 is 36.4. The molecule has 0 amide bonds. The van der Waals surface area contributed by atoms with Crippen molar-refractivity contribution in [3.8, 4) is 5.75 Å². The number of unbranched alkanes of at least 4 members (excludes halogenated alkanes) is 1. The van der Waals surface area contributed by atoms with Crippen molar-refractivity contribution in [3.63, 3.8) is 0 Å². The van der Waals surface area contributed by atoms with Gasteiger partial charge in [0.15, 0.2) is 0 Å². The highest BCUT2D eigenvalue weighted by Crippen LogP contribution is 2.36. The van der Waals surface area contributed by atoms with Crippen LogP contribution in [0.1, 0.15) is 32.1 Å². The number of carbonyl (C=O) groups excluding carboxylic acids is 1. The Morgan fingerprint density at radius 2 is 1.97 bits per heavy atom. The maximum atomic E-state index is 13.3. The molecule has 1 aromatic carbocycles. The molecule has 3 N–H and O–H groups in total. The van der Waals surface area contributed by atoms with Gasteiger partial charge in [-0.15, -0.1) is 0 Å². The molecular formula is C24H33F2NO6. The van der Waals surface area contributed by atoms with Gasteiger partial charge in [-0.25, -0.2) is 8.78 Å². The fraction of sp³-hybridized carbons (Fsp3) is 0.542. The van der Waals surface area contributed by atoms with E-state index in [4.69, 9.17) is 9.57 Å². The van der Waals surface area contributed by atoms with Gasteiger partial charge in [-0.05, 0) is 31.6 Å². The molecule has 0 aromatic heterocycles. The van der Waals surface area contributed by atoms with Crippen LogP contribution >= 0.6 is 0 Å². The molecule has 2 rings (SSSR count). The number of carbonyl (C=O) groups is 1. The van der Waals surface area contributed by atoms with Crippen molar-refractivity contribution in [3.05, 3.63) is 54.1 Å². The molecule has 184 valence electrons. The molecule has 2 unspecified atom stereocenters. The van der Waals surface area contributed by atoms with E-state index in [1.807, 2.05) is 18.2 Å². The normalized spacial score (nSPS) is 23.9. The zero-order valence-electron chi connectivity index (χ0n) is 19.0. The summed E-state index contributed by atoms with van der Waals surface area (Å²) in [7, 11) is 2.87.